The third kappa shape index (κ3) is 2.55. The Morgan fingerprint density at radius 1 is 1.54 bits per heavy atom. The fraction of sp³-hybridized carbons (Fsp3) is 0.375. The number of rotatable bonds is 2. The van der Waals surface area contributed by atoms with Crippen LogP contribution in [0.4, 0.5) is 13.2 Å². The number of hydrogen-bond donors (Lipinski definition) is 0. The van der Waals surface area contributed by atoms with Crippen LogP contribution in [0.2, 0.25) is 0 Å². The lowest BCUT2D eigenvalue weighted by Gasteiger charge is -2.03. The maximum Gasteiger partial charge on any atom is 0.450 e. The van der Waals surface area contributed by atoms with E-state index in [2.05, 4.69) is 0 Å². The Morgan fingerprint density at radius 3 is 2.54 bits per heavy atom. The highest BCUT2D eigenvalue weighted by Crippen LogP contribution is 2.22. The van der Waals surface area contributed by atoms with Crippen LogP contribution in [-0.2, 0) is 11.2 Å². The molecule has 0 radical (unpaired) electrons. The Bertz CT molecular complexity index is 313. The second-order valence-corrected chi connectivity index (χ2v) is 3.63. The molecule has 1 heterocycles. The molecule has 0 amide bonds. The second-order valence-electron chi connectivity index (χ2n) is 2.62. The standard InChI is InChI=1S/C8H7F3OS/c1-5-2-3-13-6(5)4-7(12)8(9,10)11/h2-3H,4H2,1H3. The van der Waals surface area contributed by atoms with Gasteiger partial charge in [-0.2, -0.15) is 13.2 Å². The molecule has 0 aliphatic heterocycles. The van der Waals surface area contributed by atoms with E-state index in [9.17, 15) is 18.0 Å². The van der Waals surface area contributed by atoms with Gasteiger partial charge in [-0.05, 0) is 23.9 Å². The monoisotopic (exact) mass is 208 g/mol. The molecule has 1 nitrogen and oxygen atoms in total. The molecule has 0 spiro atoms. The Hall–Kier alpha value is -0.840. The van der Waals surface area contributed by atoms with Gasteiger partial charge < -0.3 is 0 Å². The van der Waals surface area contributed by atoms with E-state index in [1.807, 2.05) is 0 Å². The van der Waals surface area contributed by atoms with E-state index in [4.69, 9.17) is 0 Å². The van der Waals surface area contributed by atoms with Crippen molar-refractivity contribution in [2.45, 2.75) is 19.5 Å². The van der Waals surface area contributed by atoms with Crippen molar-refractivity contribution in [2.24, 2.45) is 0 Å². The molecule has 0 N–H and O–H groups in total. The summed E-state index contributed by atoms with van der Waals surface area (Å²) in [5, 5.41) is 1.67. The average molecular weight is 208 g/mol. The van der Waals surface area contributed by atoms with Gasteiger partial charge in [-0.25, -0.2) is 0 Å². The maximum atomic E-state index is 11.8. The SMILES string of the molecule is Cc1ccsc1CC(=O)C(F)(F)F. The molecular weight excluding hydrogens is 201 g/mol. The minimum absolute atomic E-state index is 0.488. The van der Waals surface area contributed by atoms with E-state index in [1.165, 1.54) is 11.3 Å². The van der Waals surface area contributed by atoms with Crippen LogP contribution >= 0.6 is 11.3 Å². The summed E-state index contributed by atoms with van der Waals surface area (Å²) in [6, 6.07) is 1.70. The van der Waals surface area contributed by atoms with E-state index >= 15 is 0 Å². The predicted molar refractivity (Wildman–Crippen MR) is 43.8 cm³/mol. The van der Waals surface area contributed by atoms with E-state index < -0.39 is 18.4 Å². The van der Waals surface area contributed by atoms with Crippen LogP contribution in [0.3, 0.4) is 0 Å². The summed E-state index contributed by atoms with van der Waals surface area (Å²) in [5.74, 6) is -1.68. The smallest absolute Gasteiger partial charge is 0.289 e. The molecule has 72 valence electrons. The van der Waals surface area contributed by atoms with Gasteiger partial charge in [0.25, 0.3) is 0 Å². The van der Waals surface area contributed by atoms with E-state index in [0.717, 1.165) is 5.56 Å². The zero-order valence-corrected chi connectivity index (χ0v) is 7.63. The van der Waals surface area contributed by atoms with Gasteiger partial charge in [-0.3, -0.25) is 4.79 Å². The predicted octanol–water partition coefficient (Wildman–Crippen LogP) is 2.73. The molecule has 0 aromatic carbocycles. The van der Waals surface area contributed by atoms with Crippen molar-refractivity contribution in [2.75, 3.05) is 0 Å². The van der Waals surface area contributed by atoms with Gasteiger partial charge in [0, 0.05) is 4.88 Å². The lowest BCUT2D eigenvalue weighted by atomic mass is 10.2. The van der Waals surface area contributed by atoms with Crippen LogP contribution in [0.25, 0.3) is 0 Å². The molecule has 0 saturated heterocycles. The number of ketones is 1. The maximum absolute atomic E-state index is 11.8. The lowest BCUT2D eigenvalue weighted by molar-refractivity contribution is -0.170. The van der Waals surface area contributed by atoms with Gasteiger partial charge in [0.15, 0.2) is 0 Å². The Kier molecular flexibility index (Phi) is 2.75. The minimum Gasteiger partial charge on any atom is -0.289 e. The quantitative estimate of drug-likeness (QED) is 0.730. The molecule has 5 heteroatoms. The molecule has 0 fully saturated rings. The van der Waals surface area contributed by atoms with Crippen LogP contribution in [-0.4, -0.2) is 12.0 Å². The Balaban J connectivity index is 2.71. The molecule has 1 rings (SSSR count). The number of thiophene rings is 1. The molecule has 0 aliphatic rings. The van der Waals surface area contributed by atoms with Gasteiger partial charge in [-0.1, -0.05) is 0 Å². The van der Waals surface area contributed by atoms with Crippen LogP contribution in [0, 0.1) is 6.92 Å². The highest BCUT2D eigenvalue weighted by atomic mass is 32.1. The van der Waals surface area contributed by atoms with Crippen molar-refractivity contribution in [1.29, 1.82) is 0 Å². The van der Waals surface area contributed by atoms with Crippen LogP contribution < -0.4 is 0 Å². The second kappa shape index (κ2) is 3.49. The fourth-order valence-electron chi connectivity index (χ4n) is 0.831. The summed E-state index contributed by atoms with van der Waals surface area (Å²) in [6.45, 7) is 1.69. The fourth-order valence-corrected chi connectivity index (χ4v) is 1.74. The third-order valence-corrected chi connectivity index (χ3v) is 2.63. The van der Waals surface area contributed by atoms with E-state index in [0.29, 0.717) is 4.88 Å². The van der Waals surface area contributed by atoms with E-state index in [-0.39, 0.29) is 0 Å². The molecule has 1 aromatic heterocycles. The molecule has 0 atom stereocenters. The summed E-state index contributed by atoms with van der Waals surface area (Å²) in [5.41, 5.74) is 0.739. The number of carbonyl (C=O) groups is 1. The van der Waals surface area contributed by atoms with Gasteiger partial charge in [0.2, 0.25) is 5.78 Å². The largest absolute Gasteiger partial charge is 0.450 e. The first-order chi connectivity index (χ1) is 5.91. The minimum atomic E-state index is -4.71. The molecule has 1 aromatic rings. The van der Waals surface area contributed by atoms with Crippen molar-refractivity contribution in [3.05, 3.63) is 21.9 Å². The molecule has 13 heavy (non-hydrogen) atoms. The first kappa shape index (κ1) is 10.2. The Labute approximate surface area is 77.2 Å². The summed E-state index contributed by atoms with van der Waals surface area (Å²) >= 11 is 1.17. The number of Topliss-reactive ketones (excluding diaryl/α,β-unsaturated/α-hetero) is 1. The number of alkyl halides is 3. The van der Waals surface area contributed by atoms with Crippen molar-refractivity contribution >= 4 is 17.1 Å². The highest BCUT2D eigenvalue weighted by molar-refractivity contribution is 7.10. The summed E-state index contributed by atoms with van der Waals surface area (Å²) in [7, 11) is 0. The summed E-state index contributed by atoms with van der Waals surface area (Å²) < 4.78 is 35.5. The third-order valence-electron chi connectivity index (χ3n) is 1.61. The van der Waals surface area contributed by atoms with Crippen LogP contribution in [0.1, 0.15) is 10.4 Å². The summed E-state index contributed by atoms with van der Waals surface area (Å²) in [6.07, 6.45) is -5.25. The van der Waals surface area contributed by atoms with Gasteiger partial charge in [0.05, 0.1) is 6.42 Å². The number of aryl methyl sites for hydroxylation is 1. The molecule has 0 saturated carbocycles. The zero-order valence-electron chi connectivity index (χ0n) is 6.81. The first-order valence-corrected chi connectivity index (χ1v) is 4.42. The van der Waals surface area contributed by atoms with Crippen molar-refractivity contribution in [3.63, 3.8) is 0 Å². The average Bonchev–Trinajstić information content (AvgIpc) is 2.34. The van der Waals surface area contributed by atoms with Crippen LogP contribution in [0.15, 0.2) is 11.4 Å². The number of hydrogen-bond acceptors (Lipinski definition) is 2. The summed E-state index contributed by atoms with van der Waals surface area (Å²) in [4.78, 5) is 11.1. The van der Waals surface area contributed by atoms with Crippen molar-refractivity contribution in [3.8, 4) is 0 Å². The van der Waals surface area contributed by atoms with Gasteiger partial charge >= 0.3 is 6.18 Å². The normalized spacial score (nSPS) is 11.7. The van der Waals surface area contributed by atoms with Gasteiger partial charge in [0.1, 0.15) is 0 Å². The van der Waals surface area contributed by atoms with Crippen molar-refractivity contribution < 1.29 is 18.0 Å². The van der Waals surface area contributed by atoms with E-state index in [1.54, 1.807) is 18.4 Å². The molecule has 0 unspecified atom stereocenters. The zero-order chi connectivity index (χ0) is 10.1. The van der Waals surface area contributed by atoms with Crippen LogP contribution in [0.5, 0.6) is 0 Å². The molecular formula is C8H7F3OS. The Morgan fingerprint density at radius 2 is 2.15 bits per heavy atom. The van der Waals surface area contributed by atoms with Crippen molar-refractivity contribution in [1.82, 2.24) is 0 Å². The topological polar surface area (TPSA) is 17.1 Å². The lowest BCUT2D eigenvalue weighted by Crippen LogP contribution is -2.24. The highest BCUT2D eigenvalue weighted by Gasteiger charge is 2.38. The first-order valence-electron chi connectivity index (χ1n) is 3.54. The number of halogens is 3. The molecule has 0 aliphatic carbocycles. The number of carbonyl (C=O) groups excluding carboxylic acids is 1. The van der Waals surface area contributed by atoms with Gasteiger partial charge in [-0.15, -0.1) is 11.3 Å². The molecule has 0 bridgehead atoms.